The SMILES string of the molecule is CC(c1ccccc1)c1cc[c-]c(-c2ccc([Si](C)(C)C)cn2)c1.[Ir].[c-]1cc2oc3ccccc3c2cc1-c1cc(CC2CCCC2)ccn1. The van der Waals surface area contributed by atoms with Crippen molar-refractivity contribution in [1.29, 1.82) is 0 Å². The third-order valence-corrected chi connectivity index (χ3v) is 12.0. The number of nitrogens with zero attached hydrogens (tertiary/aromatic N) is 2. The van der Waals surface area contributed by atoms with E-state index in [1.807, 2.05) is 42.7 Å². The largest absolute Gasteiger partial charge is 0.500 e. The molecule has 50 heavy (non-hydrogen) atoms. The molecule has 5 heteroatoms. The van der Waals surface area contributed by atoms with Crippen LogP contribution in [0.15, 0.2) is 126 Å². The van der Waals surface area contributed by atoms with Gasteiger partial charge < -0.3 is 14.4 Å². The molecule has 3 nitrogen and oxygen atoms in total. The van der Waals surface area contributed by atoms with Gasteiger partial charge in [-0.25, -0.2) is 0 Å². The fourth-order valence-corrected chi connectivity index (χ4v) is 7.98. The fraction of sp³-hybridized carbons (Fsp3) is 0.244. The first-order valence-corrected chi connectivity index (χ1v) is 21.1. The van der Waals surface area contributed by atoms with Crippen molar-refractivity contribution in [1.82, 2.24) is 9.97 Å². The van der Waals surface area contributed by atoms with Gasteiger partial charge in [-0.1, -0.05) is 130 Å². The fourth-order valence-electron chi connectivity index (χ4n) is 6.95. The second-order valence-electron chi connectivity index (χ2n) is 14.5. The van der Waals surface area contributed by atoms with Crippen LogP contribution in [0.4, 0.5) is 0 Å². The van der Waals surface area contributed by atoms with Gasteiger partial charge in [0.1, 0.15) is 5.58 Å². The summed E-state index contributed by atoms with van der Waals surface area (Å²) in [6.45, 7) is 9.28. The van der Waals surface area contributed by atoms with Crippen LogP contribution < -0.4 is 5.19 Å². The van der Waals surface area contributed by atoms with Crippen LogP contribution in [0.1, 0.15) is 55.2 Å². The molecule has 0 bridgehead atoms. The molecule has 0 spiro atoms. The van der Waals surface area contributed by atoms with E-state index in [2.05, 4.69) is 123 Å². The number of pyridine rings is 2. The quantitative estimate of drug-likeness (QED) is 0.118. The Morgan fingerprint density at radius 2 is 1.50 bits per heavy atom. The molecule has 8 rings (SSSR count). The molecule has 1 radical (unpaired) electrons. The number of furan rings is 1. The van der Waals surface area contributed by atoms with Crippen molar-refractivity contribution in [2.24, 2.45) is 5.92 Å². The van der Waals surface area contributed by atoms with E-state index in [4.69, 9.17) is 9.40 Å². The summed E-state index contributed by atoms with van der Waals surface area (Å²) in [5.74, 6) is 1.21. The summed E-state index contributed by atoms with van der Waals surface area (Å²) in [4.78, 5) is 9.29. The Hall–Kier alpha value is -4.15. The van der Waals surface area contributed by atoms with Crippen molar-refractivity contribution in [3.05, 3.63) is 150 Å². The van der Waals surface area contributed by atoms with Crippen molar-refractivity contribution in [2.75, 3.05) is 0 Å². The Labute approximate surface area is 311 Å². The number of rotatable bonds is 7. The van der Waals surface area contributed by atoms with Gasteiger partial charge in [0.15, 0.2) is 0 Å². The van der Waals surface area contributed by atoms with Crippen molar-refractivity contribution < 1.29 is 24.5 Å². The van der Waals surface area contributed by atoms with Crippen LogP contribution in [0, 0.1) is 18.1 Å². The normalized spacial score (nSPS) is 13.8. The first-order valence-electron chi connectivity index (χ1n) is 17.6. The molecule has 1 aliphatic rings. The first kappa shape index (κ1) is 35.7. The molecule has 0 amide bonds. The molecule has 7 aromatic rings. The molecule has 4 aromatic carbocycles. The van der Waals surface area contributed by atoms with Gasteiger partial charge in [0, 0.05) is 37.9 Å². The average molecular weight is 849 g/mol. The molecule has 3 aromatic heterocycles. The summed E-state index contributed by atoms with van der Waals surface area (Å²) < 4.78 is 5.90. The molecule has 0 aliphatic heterocycles. The van der Waals surface area contributed by atoms with Crippen LogP contribution in [-0.2, 0) is 26.5 Å². The Bertz CT molecular complexity index is 2160. The number of hydrogen-bond acceptors (Lipinski definition) is 3. The Kier molecular flexibility index (Phi) is 11.3. The minimum Gasteiger partial charge on any atom is -0.500 e. The zero-order valence-electron chi connectivity index (χ0n) is 29.4. The van der Waals surface area contributed by atoms with Gasteiger partial charge >= 0.3 is 0 Å². The van der Waals surface area contributed by atoms with Gasteiger partial charge in [-0.05, 0) is 52.5 Å². The summed E-state index contributed by atoms with van der Waals surface area (Å²) in [6.07, 6.45) is 10.7. The number of fused-ring (bicyclic) bond motifs is 3. The third-order valence-electron chi connectivity index (χ3n) is 9.94. The smallest absolute Gasteiger partial charge is 0.120 e. The van der Waals surface area contributed by atoms with Crippen LogP contribution in [-0.4, -0.2) is 18.0 Å². The van der Waals surface area contributed by atoms with Gasteiger partial charge in [0.05, 0.1) is 13.7 Å². The second kappa shape index (κ2) is 15.8. The molecule has 1 fully saturated rings. The number of benzene rings is 4. The van der Waals surface area contributed by atoms with Gasteiger partial charge in [-0.2, -0.15) is 0 Å². The number of para-hydroxylation sites is 1. The summed E-state index contributed by atoms with van der Waals surface area (Å²) in [5.41, 5.74) is 9.93. The number of hydrogen-bond donors (Lipinski definition) is 0. The molecule has 0 saturated heterocycles. The van der Waals surface area contributed by atoms with Crippen molar-refractivity contribution in [2.45, 2.75) is 64.6 Å². The van der Waals surface area contributed by atoms with Crippen LogP contribution >= 0.6 is 0 Å². The van der Waals surface area contributed by atoms with Crippen molar-refractivity contribution >= 4 is 35.2 Å². The molecular formula is C45H44IrN2OSi-2. The molecular weight excluding hydrogens is 805 g/mol. The molecule has 1 unspecified atom stereocenters. The van der Waals surface area contributed by atoms with Gasteiger partial charge in [-0.15, -0.1) is 59.2 Å². The van der Waals surface area contributed by atoms with Crippen LogP contribution in [0.5, 0.6) is 0 Å². The summed E-state index contributed by atoms with van der Waals surface area (Å²) in [7, 11) is -1.30. The first-order chi connectivity index (χ1) is 23.8. The monoisotopic (exact) mass is 849 g/mol. The molecule has 3 heterocycles. The Balaban J connectivity index is 0.000000170. The van der Waals surface area contributed by atoms with E-state index in [1.165, 1.54) is 54.0 Å². The minimum atomic E-state index is -1.30. The van der Waals surface area contributed by atoms with E-state index in [0.717, 1.165) is 50.4 Å². The predicted molar refractivity (Wildman–Crippen MR) is 207 cm³/mol. The van der Waals surface area contributed by atoms with Gasteiger partial charge in [-0.3, -0.25) is 0 Å². The van der Waals surface area contributed by atoms with Crippen LogP contribution in [0.2, 0.25) is 19.6 Å². The topological polar surface area (TPSA) is 38.9 Å². The maximum atomic E-state index is 5.90. The molecule has 255 valence electrons. The molecule has 1 atom stereocenters. The summed E-state index contributed by atoms with van der Waals surface area (Å²) in [6, 6.07) is 44.7. The standard InChI is InChI=1S/C23H20NO.C22H24NSi.Ir/c1-2-6-16(5-1)13-17-11-12-24-21(14-17)18-9-10-23-20(15-18)19-7-3-4-8-22(19)25-23;1-17(18-9-6-5-7-10-18)19-11-8-12-20(15-19)22-14-13-21(16-23-22)24(2,3)4;/h3-4,7-8,10-12,14-16H,1-2,5-6,13H2;5-11,13-17H,1-4H3;/q2*-1;. The third kappa shape index (κ3) is 8.24. The second-order valence-corrected chi connectivity index (χ2v) is 19.6. The summed E-state index contributed by atoms with van der Waals surface area (Å²) in [5, 5.41) is 3.67. The molecule has 1 aliphatic carbocycles. The maximum absolute atomic E-state index is 5.90. The molecule has 0 N–H and O–H groups in total. The zero-order chi connectivity index (χ0) is 33.8. The predicted octanol–water partition coefficient (Wildman–Crippen LogP) is 11.4. The van der Waals surface area contributed by atoms with E-state index in [0.29, 0.717) is 5.92 Å². The van der Waals surface area contributed by atoms with Gasteiger partial charge in [0.2, 0.25) is 0 Å². The van der Waals surface area contributed by atoms with Crippen LogP contribution in [0.3, 0.4) is 0 Å². The van der Waals surface area contributed by atoms with E-state index in [1.54, 1.807) is 0 Å². The van der Waals surface area contributed by atoms with Crippen LogP contribution in [0.25, 0.3) is 44.5 Å². The Morgan fingerprint density at radius 1 is 0.740 bits per heavy atom. The number of aromatic nitrogens is 2. The average Bonchev–Trinajstić information content (AvgIpc) is 3.79. The zero-order valence-corrected chi connectivity index (χ0v) is 32.8. The van der Waals surface area contributed by atoms with Crippen molar-refractivity contribution in [3.8, 4) is 22.5 Å². The minimum absolute atomic E-state index is 0. The van der Waals surface area contributed by atoms with Crippen molar-refractivity contribution in [3.63, 3.8) is 0 Å². The van der Waals surface area contributed by atoms with E-state index in [9.17, 15) is 0 Å². The molecule has 1 saturated carbocycles. The Morgan fingerprint density at radius 3 is 2.26 bits per heavy atom. The van der Waals surface area contributed by atoms with E-state index in [-0.39, 0.29) is 20.1 Å². The van der Waals surface area contributed by atoms with Gasteiger partial charge in [0.25, 0.3) is 0 Å². The summed E-state index contributed by atoms with van der Waals surface area (Å²) >= 11 is 0. The maximum Gasteiger partial charge on any atom is 0.120 e. The van der Waals surface area contributed by atoms with E-state index < -0.39 is 8.07 Å². The van der Waals surface area contributed by atoms with E-state index >= 15 is 0 Å².